The fourth-order valence-electron chi connectivity index (χ4n) is 1.95. The van der Waals surface area contributed by atoms with Crippen LogP contribution in [0.5, 0.6) is 0 Å². The van der Waals surface area contributed by atoms with Gasteiger partial charge in [-0.05, 0) is 24.5 Å². The topological polar surface area (TPSA) is 64.6 Å². The first-order valence-electron chi connectivity index (χ1n) is 7.58. The Balaban J connectivity index is 2.83. The number of rotatable bonds is 8. The van der Waals surface area contributed by atoms with Crippen LogP contribution >= 0.6 is 11.6 Å². The second-order valence-corrected chi connectivity index (χ2v) is 6.14. The molecule has 0 bridgehead atoms. The lowest BCUT2D eigenvalue weighted by atomic mass is 10.0. The molecular formula is C17H24ClNO4. The van der Waals surface area contributed by atoms with E-state index in [1.807, 2.05) is 13.8 Å². The van der Waals surface area contributed by atoms with Crippen LogP contribution in [0.2, 0.25) is 5.02 Å². The average molecular weight is 342 g/mol. The first-order valence-corrected chi connectivity index (χ1v) is 7.96. The zero-order chi connectivity index (χ0) is 17.4. The Labute approximate surface area is 142 Å². The SMILES string of the molecule is COC(=O)C[C@@H](NC(=O)[C@@H](C)OCC(C)C)c1ccccc1Cl. The molecule has 0 radical (unpaired) electrons. The summed E-state index contributed by atoms with van der Waals surface area (Å²) in [5.74, 6) is -0.384. The predicted molar refractivity (Wildman–Crippen MR) is 89.2 cm³/mol. The van der Waals surface area contributed by atoms with Crippen LogP contribution in [-0.4, -0.2) is 31.7 Å². The molecule has 23 heavy (non-hydrogen) atoms. The van der Waals surface area contributed by atoms with E-state index in [0.717, 1.165) is 0 Å². The molecule has 1 N–H and O–H groups in total. The van der Waals surface area contributed by atoms with Gasteiger partial charge in [-0.25, -0.2) is 0 Å². The smallest absolute Gasteiger partial charge is 0.307 e. The van der Waals surface area contributed by atoms with Crippen molar-refractivity contribution in [2.24, 2.45) is 5.92 Å². The number of esters is 1. The molecule has 1 rings (SSSR count). The van der Waals surface area contributed by atoms with Gasteiger partial charge in [0.2, 0.25) is 5.91 Å². The van der Waals surface area contributed by atoms with E-state index in [2.05, 4.69) is 5.32 Å². The Morgan fingerprint density at radius 3 is 2.43 bits per heavy atom. The number of benzene rings is 1. The second kappa shape index (κ2) is 9.53. The zero-order valence-electron chi connectivity index (χ0n) is 14.0. The van der Waals surface area contributed by atoms with Gasteiger partial charge in [0.1, 0.15) is 6.10 Å². The average Bonchev–Trinajstić information content (AvgIpc) is 2.52. The third-order valence-corrected chi connectivity index (χ3v) is 3.59. The molecule has 0 aliphatic rings. The maximum atomic E-state index is 12.3. The number of carbonyl (C=O) groups excluding carboxylic acids is 2. The maximum Gasteiger partial charge on any atom is 0.307 e. The summed E-state index contributed by atoms with van der Waals surface area (Å²) in [7, 11) is 1.31. The van der Waals surface area contributed by atoms with E-state index < -0.39 is 18.1 Å². The number of hydrogen-bond donors (Lipinski definition) is 1. The van der Waals surface area contributed by atoms with Gasteiger partial charge in [-0.1, -0.05) is 43.6 Å². The third-order valence-electron chi connectivity index (χ3n) is 3.24. The molecule has 0 aliphatic carbocycles. The monoisotopic (exact) mass is 341 g/mol. The van der Waals surface area contributed by atoms with Crippen molar-refractivity contribution in [3.8, 4) is 0 Å². The molecule has 6 heteroatoms. The molecule has 2 atom stereocenters. The van der Waals surface area contributed by atoms with Crippen molar-refractivity contribution in [3.63, 3.8) is 0 Å². The standard InChI is InChI=1S/C17H24ClNO4/c1-11(2)10-23-12(3)17(21)19-15(9-16(20)22-4)13-7-5-6-8-14(13)18/h5-8,11-12,15H,9-10H2,1-4H3,(H,19,21)/t12-,15-/m1/s1. The lowest BCUT2D eigenvalue weighted by Crippen LogP contribution is -2.38. The molecule has 0 saturated carbocycles. The summed E-state index contributed by atoms with van der Waals surface area (Å²) in [6, 6.07) is 6.52. The van der Waals surface area contributed by atoms with E-state index in [1.54, 1.807) is 31.2 Å². The van der Waals surface area contributed by atoms with Gasteiger partial charge in [0.15, 0.2) is 0 Å². The quantitative estimate of drug-likeness (QED) is 0.738. The fourth-order valence-corrected chi connectivity index (χ4v) is 2.22. The molecule has 0 heterocycles. The van der Waals surface area contributed by atoms with Crippen LogP contribution in [0, 0.1) is 5.92 Å². The highest BCUT2D eigenvalue weighted by molar-refractivity contribution is 6.31. The van der Waals surface area contributed by atoms with Gasteiger partial charge >= 0.3 is 5.97 Å². The Morgan fingerprint density at radius 2 is 1.87 bits per heavy atom. The Hall–Kier alpha value is -1.59. The molecule has 0 saturated heterocycles. The number of halogens is 1. The van der Waals surface area contributed by atoms with Crippen molar-refractivity contribution in [3.05, 3.63) is 34.9 Å². The predicted octanol–water partition coefficient (Wildman–Crippen LogP) is 3.12. The molecule has 1 aromatic carbocycles. The molecular weight excluding hydrogens is 318 g/mol. The number of carbonyl (C=O) groups is 2. The minimum absolute atomic E-state index is 0.00285. The summed E-state index contributed by atoms with van der Waals surface area (Å²) in [5, 5.41) is 3.30. The lowest BCUT2D eigenvalue weighted by Gasteiger charge is -2.22. The molecule has 128 valence electrons. The number of nitrogens with one attached hydrogen (secondary N) is 1. The van der Waals surface area contributed by atoms with Crippen LogP contribution < -0.4 is 5.32 Å². The summed E-state index contributed by atoms with van der Waals surface area (Å²) >= 11 is 6.18. The molecule has 0 aromatic heterocycles. The van der Waals surface area contributed by atoms with Crippen LogP contribution in [0.15, 0.2) is 24.3 Å². The third kappa shape index (κ3) is 6.59. The Morgan fingerprint density at radius 1 is 1.22 bits per heavy atom. The van der Waals surface area contributed by atoms with E-state index in [0.29, 0.717) is 23.1 Å². The van der Waals surface area contributed by atoms with Crippen molar-refractivity contribution in [2.75, 3.05) is 13.7 Å². The van der Waals surface area contributed by atoms with E-state index in [9.17, 15) is 9.59 Å². The van der Waals surface area contributed by atoms with Gasteiger partial charge < -0.3 is 14.8 Å². The van der Waals surface area contributed by atoms with Crippen molar-refractivity contribution in [1.29, 1.82) is 0 Å². The van der Waals surface area contributed by atoms with Crippen LogP contribution in [-0.2, 0) is 19.1 Å². The highest BCUT2D eigenvalue weighted by Gasteiger charge is 2.23. The molecule has 0 fully saturated rings. The minimum atomic E-state index is -0.611. The van der Waals surface area contributed by atoms with E-state index in [-0.39, 0.29) is 12.3 Å². The molecule has 5 nitrogen and oxygen atoms in total. The van der Waals surface area contributed by atoms with Gasteiger partial charge in [-0.2, -0.15) is 0 Å². The number of methoxy groups -OCH3 is 1. The van der Waals surface area contributed by atoms with E-state index in [4.69, 9.17) is 21.1 Å². The fraction of sp³-hybridized carbons (Fsp3) is 0.529. The van der Waals surface area contributed by atoms with Crippen LogP contribution in [0.1, 0.15) is 38.8 Å². The lowest BCUT2D eigenvalue weighted by molar-refractivity contribution is -0.141. The summed E-state index contributed by atoms with van der Waals surface area (Å²) in [6.07, 6.45) is -0.608. The first kappa shape index (κ1) is 19.5. The van der Waals surface area contributed by atoms with Gasteiger partial charge in [0.25, 0.3) is 0 Å². The van der Waals surface area contributed by atoms with E-state index in [1.165, 1.54) is 7.11 Å². The highest BCUT2D eigenvalue weighted by atomic mass is 35.5. The van der Waals surface area contributed by atoms with Gasteiger partial charge in [-0.15, -0.1) is 0 Å². The highest BCUT2D eigenvalue weighted by Crippen LogP contribution is 2.25. The maximum absolute atomic E-state index is 12.3. The zero-order valence-corrected chi connectivity index (χ0v) is 14.7. The summed E-state index contributed by atoms with van der Waals surface area (Å²) in [6.45, 7) is 6.19. The second-order valence-electron chi connectivity index (χ2n) is 5.73. The molecule has 1 amide bonds. The van der Waals surface area contributed by atoms with Crippen molar-refractivity contribution >= 4 is 23.5 Å². The van der Waals surface area contributed by atoms with Crippen molar-refractivity contribution in [1.82, 2.24) is 5.32 Å². The summed E-state index contributed by atoms with van der Waals surface area (Å²) < 4.78 is 10.2. The van der Waals surface area contributed by atoms with Gasteiger partial charge in [0, 0.05) is 11.6 Å². The summed E-state index contributed by atoms with van der Waals surface area (Å²) in [5.41, 5.74) is 0.670. The van der Waals surface area contributed by atoms with Crippen molar-refractivity contribution < 1.29 is 19.1 Å². The molecule has 1 aromatic rings. The Kier molecular flexibility index (Phi) is 8.06. The van der Waals surface area contributed by atoms with Crippen LogP contribution in [0.4, 0.5) is 0 Å². The van der Waals surface area contributed by atoms with Gasteiger partial charge in [0.05, 0.1) is 19.6 Å². The van der Waals surface area contributed by atoms with Crippen LogP contribution in [0.25, 0.3) is 0 Å². The minimum Gasteiger partial charge on any atom is -0.469 e. The number of ether oxygens (including phenoxy) is 2. The number of amides is 1. The normalized spacial score (nSPS) is 13.5. The molecule has 0 spiro atoms. The van der Waals surface area contributed by atoms with E-state index >= 15 is 0 Å². The largest absolute Gasteiger partial charge is 0.469 e. The number of hydrogen-bond acceptors (Lipinski definition) is 4. The van der Waals surface area contributed by atoms with Gasteiger partial charge in [-0.3, -0.25) is 9.59 Å². The first-order chi connectivity index (χ1) is 10.8. The molecule has 0 unspecified atom stereocenters. The van der Waals surface area contributed by atoms with Crippen LogP contribution in [0.3, 0.4) is 0 Å². The Bertz CT molecular complexity index is 533. The summed E-state index contributed by atoms with van der Waals surface area (Å²) in [4.78, 5) is 23.9. The van der Waals surface area contributed by atoms with Crippen molar-refractivity contribution in [2.45, 2.75) is 39.3 Å². The molecule has 0 aliphatic heterocycles.